The van der Waals surface area contributed by atoms with Crippen LogP contribution in [0.25, 0.3) is 10.9 Å². The van der Waals surface area contributed by atoms with Crippen molar-refractivity contribution in [3.05, 3.63) is 89.6 Å². The average Bonchev–Trinajstić information content (AvgIpc) is 3.60. The van der Waals surface area contributed by atoms with Gasteiger partial charge in [-0.3, -0.25) is 9.69 Å². The van der Waals surface area contributed by atoms with Crippen molar-refractivity contribution in [1.29, 1.82) is 0 Å². The van der Waals surface area contributed by atoms with Gasteiger partial charge >= 0.3 is 6.09 Å². The van der Waals surface area contributed by atoms with Gasteiger partial charge in [0.15, 0.2) is 5.60 Å². The predicted octanol–water partition coefficient (Wildman–Crippen LogP) is 4.79. The van der Waals surface area contributed by atoms with Gasteiger partial charge in [0.1, 0.15) is 17.0 Å². The minimum Gasteiger partial charge on any atom is -0.494 e. The molecule has 7 rings (SSSR count). The van der Waals surface area contributed by atoms with Crippen LogP contribution < -0.4 is 14.4 Å². The van der Waals surface area contributed by atoms with Crippen LogP contribution in [-0.4, -0.2) is 49.2 Å². The summed E-state index contributed by atoms with van der Waals surface area (Å²) in [6.07, 6.45) is 1.91. The van der Waals surface area contributed by atoms with Crippen LogP contribution in [0.5, 0.6) is 11.5 Å². The molecule has 0 radical (unpaired) electrons. The number of carbonyl (C=O) groups excluding carboxylic acids is 2. The van der Waals surface area contributed by atoms with Gasteiger partial charge in [0, 0.05) is 47.3 Å². The van der Waals surface area contributed by atoms with Crippen molar-refractivity contribution < 1.29 is 23.8 Å². The molecule has 1 N–H and O–H groups in total. The minimum absolute atomic E-state index is 0.155. The third kappa shape index (κ3) is 2.57. The fourth-order valence-corrected chi connectivity index (χ4v) is 6.70. The number of fused-ring (bicyclic) bond motifs is 4. The van der Waals surface area contributed by atoms with Gasteiger partial charge < -0.3 is 24.1 Å². The quantitative estimate of drug-likeness (QED) is 0.432. The van der Waals surface area contributed by atoms with E-state index in [0.29, 0.717) is 30.0 Å². The fraction of sp³-hybridized carbons (Fsp3) is 0.241. The molecule has 3 aromatic carbocycles. The summed E-state index contributed by atoms with van der Waals surface area (Å²) in [7, 11) is 3.01. The molecule has 0 unspecified atom stereocenters. The molecule has 0 spiro atoms. The molecule has 8 heteroatoms. The molecule has 2 amide bonds. The molecule has 1 fully saturated rings. The third-order valence-electron chi connectivity index (χ3n) is 8.13. The van der Waals surface area contributed by atoms with Crippen molar-refractivity contribution in [2.75, 3.05) is 32.2 Å². The maximum absolute atomic E-state index is 14.5. The molecule has 186 valence electrons. The van der Waals surface area contributed by atoms with Crippen LogP contribution in [0.2, 0.25) is 0 Å². The van der Waals surface area contributed by atoms with E-state index in [4.69, 9.17) is 14.2 Å². The summed E-state index contributed by atoms with van der Waals surface area (Å²) in [5.74, 6) is 1.15. The Labute approximate surface area is 213 Å². The summed E-state index contributed by atoms with van der Waals surface area (Å²) >= 11 is 0. The number of aromatic nitrogens is 1. The smallest absolute Gasteiger partial charge is 0.409 e. The van der Waals surface area contributed by atoms with Gasteiger partial charge in [-0.25, -0.2) is 4.79 Å². The lowest BCUT2D eigenvalue weighted by Gasteiger charge is -2.50. The molecule has 3 aliphatic rings. The number of carbonyl (C=O) groups is 2. The monoisotopic (exact) mass is 495 g/mol. The van der Waals surface area contributed by atoms with Crippen LogP contribution in [0.15, 0.2) is 72.9 Å². The second-order valence-corrected chi connectivity index (χ2v) is 9.67. The number of hydrogen-bond acceptors (Lipinski definition) is 5. The van der Waals surface area contributed by atoms with E-state index in [9.17, 15) is 9.59 Å². The number of hydrogen-bond donors (Lipinski definition) is 1. The summed E-state index contributed by atoms with van der Waals surface area (Å²) in [5.41, 5.74) is 2.03. The van der Waals surface area contributed by atoms with E-state index in [2.05, 4.69) is 4.98 Å². The number of nitrogens with zero attached hydrogens (tertiary/aromatic N) is 2. The topological polar surface area (TPSA) is 84.1 Å². The van der Waals surface area contributed by atoms with Gasteiger partial charge in [0.25, 0.3) is 5.91 Å². The van der Waals surface area contributed by atoms with Crippen LogP contribution in [0.4, 0.5) is 10.5 Å². The minimum atomic E-state index is -1.03. The number of H-pyrrole nitrogens is 1. The van der Waals surface area contributed by atoms with Crippen molar-refractivity contribution >= 4 is 28.6 Å². The van der Waals surface area contributed by atoms with Gasteiger partial charge in [0.2, 0.25) is 0 Å². The van der Waals surface area contributed by atoms with Gasteiger partial charge in [-0.15, -0.1) is 0 Å². The third-order valence-corrected chi connectivity index (χ3v) is 8.13. The Bertz CT molecular complexity index is 1580. The highest BCUT2D eigenvalue weighted by molar-refractivity contribution is 6.11. The first-order valence-electron chi connectivity index (χ1n) is 12.3. The van der Waals surface area contributed by atoms with Crippen LogP contribution in [-0.2, 0) is 15.9 Å². The van der Waals surface area contributed by atoms with E-state index in [1.807, 2.05) is 77.8 Å². The largest absolute Gasteiger partial charge is 0.494 e. The Hall–Kier alpha value is -4.46. The van der Waals surface area contributed by atoms with Crippen molar-refractivity contribution in [2.24, 2.45) is 0 Å². The number of piperidine rings is 1. The first kappa shape index (κ1) is 21.8. The van der Waals surface area contributed by atoms with Gasteiger partial charge in [-0.1, -0.05) is 36.4 Å². The number of likely N-dealkylation sites (tertiary alicyclic amines) is 1. The first-order chi connectivity index (χ1) is 18.1. The number of ether oxygens (including phenoxy) is 3. The molecule has 37 heavy (non-hydrogen) atoms. The average molecular weight is 496 g/mol. The number of methoxy groups -OCH3 is 2. The number of rotatable bonds is 2. The van der Waals surface area contributed by atoms with Gasteiger partial charge in [0.05, 0.1) is 32.0 Å². The van der Waals surface area contributed by atoms with E-state index in [0.717, 1.165) is 27.7 Å². The molecular weight excluding hydrogens is 470 g/mol. The maximum atomic E-state index is 14.5. The van der Waals surface area contributed by atoms with Crippen molar-refractivity contribution in [2.45, 2.75) is 17.6 Å². The summed E-state index contributed by atoms with van der Waals surface area (Å²) in [4.78, 5) is 34.2. The Morgan fingerprint density at radius 3 is 2.59 bits per heavy atom. The van der Waals surface area contributed by atoms with Gasteiger partial charge in [-0.05, 0) is 24.3 Å². The van der Waals surface area contributed by atoms with E-state index >= 15 is 0 Å². The second-order valence-electron chi connectivity index (χ2n) is 9.67. The highest BCUT2D eigenvalue weighted by atomic mass is 16.5. The van der Waals surface area contributed by atoms with E-state index in [1.54, 1.807) is 12.0 Å². The van der Waals surface area contributed by atoms with Crippen molar-refractivity contribution in [1.82, 2.24) is 9.88 Å². The Morgan fingerprint density at radius 1 is 1.03 bits per heavy atom. The number of para-hydroxylation sites is 1. The molecule has 0 bridgehead atoms. The lowest BCUT2D eigenvalue weighted by Crippen LogP contribution is -2.66. The molecule has 4 heterocycles. The van der Waals surface area contributed by atoms with Crippen molar-refractivity contribution in [3.8, 4) is 11.5 Å². The molecule has 2 atom stereocenters. The molecule has 1 aromatic heterocycles. The molecule has 0 saturated carbocycles. The van der Waals surface area contributed by atoms with E-state index in [1.165, 1.54) is 7.11 Å². The van der Waals surface area contributed by atoms with Crippen LogP contribution in [0.3, 0.4) is 0 Å². The van der Waals surface area contributed by atoms with E-state index in [-0.39, 0.29) is 12.5 Å². The second kappa shape index (κ2) is 7.52. The van der Waals surface area contributed by atoms with Crippen LogP contribution in [0.1, 0.15) is 27.9 Å². The van der Waals surface area contributed by atoms with Crippen LogP contribution >= 0.6 is 0 Å². The van der Waals surface area contributed by atoms with Crippen molar-refractivity contribution in [3.63, 3.8) is 0 Å². The summed E-state index contributed by atoms with van der Waals surface area (Å²) in [5, 5.41) is 0.890. The Balaban J connectivity index is 1.58. The maximum Gasteiger partial charge on any atom is 0.409 e. The lowest BCUT2D eigenvalue weighted by molar-refractivity contribution is -0.0374. The molecular formula is C29H25N3O5. The Morgan fingerprint density at radius 2 is 1.81 bits per heavy atom. The highest BCUT2D eigenvalue weighted by Crippen LogP contribution is 2.68. The summed E-state index contributed by atoms with van der Waals surface area (Å²) in [6, 6.07) is 21.0. The number of benzene rings is 3. The van der Waals surface area contributed by atoms with Gasteiger partial charge in [-0.2, -0.15) is 0 Å². The number of nitrogens with one attached hydrogen (secondary N) is 1. The zero-order valence-electron chi connectivity index (χ0n) is 20.5. The normalized spacial score (nSPS) is 23.1. The standard InChI is InChI=1S/C29H25N3O5/c1-35-23-16-22-24(19-12-14-30-25(19)23)28-17-31(27(34)36-2)15-13-29(28,37-22)20-10-6-7-11-21(20)32(28)26(33)18-8-4-3-5-9-18/h3-12,14,16,30H,13,15,17H2,1-2H3/t28-,29-/m0/s1. The lowest BCUT2D eigenvalue weighted by atomic mass is 9.69. The molecule has 0 aliphatic carbocycles. The number of aromatic amines is 1. The highest BCUT2D eigenvalue weighted by Gasteiger charge is 2.73. The molecule has 4 aromatic rings. The predicted molar refractivity (Wildman–Crippen MR) is 137 cm³/mol. The molecule has 1 saturated heterocycles. The van der Waals surface area contributed by atoms with Crippen LogP contribution in [0, 0.1) is 0 Å². The summed E-state index contributed by atoms with van der Waals surface area (Å²) < 4.78 is 17.8. The zero-order chi connectivity index (χ0) is 25.4. The first-order valence-corrected chi connectivity index (χ1v) is 12.3. The zero-order valence-corrected chi connectivity index (χ0v) is 20.5. The fourth-order valence-electron chi connectivity index (χ4n) is 6.70. The van der Waals surface area contributed by atoms with E-state index < -0.39 is 17.2 Å². The number of anilines is 1. The molecule has 8 nitrogen and oxygen atoms in total. The number of amides is 2. The SMILES string of the molecule is COC(=O)N1CC[C@@]23Oc4cc(OC)c5[nH]ccc5c4[C@]2(C1)N(C(=O)c1ccccc1)c1ccccc13. The molecule has 3 aliphatic heterocycles. The Kier molecular flexibility index (Phi) is 4.43. The summed E-state index contributed by atoms with van der Waals surface area (Å²) in [6.45, 7) is 0.643.